The normalized spacial score (nSPS) is 18.2. The van der Waals surface area contributed by atoms with Crippen molar-refractivity contribution in [1.29, 1.82) is 0 Å². The Morgan fingerprint density at radius 1 is 1.06 bits per heavy atom. The van der Waals surface area contributed by atoms with Crippen LogP contribution in [0.5, 0.6) is 0 Å². The summed E-state index contributed by atoms with van der Waals surface area (Å²) in [5, 5.41) is 2.69. The molecule has 0 radical (unpaired) electrons. The molecule has 1 saturated heterocycles. The zero-order valence-corrected chi connectivity index (χ0v) is 17.1. The Kier molecular flexibility index (Phi) is 6.01. The van der Waals surface area contributed by atoms with Crippen LogP contribution in [0.25, 0.3) is 0 Å². The van der Waals surface area contributed by atoms with Gasteiger partial charge in [-0.15, -0.1) is 0 Å². The predicted octanol–water partition coefficient (Wildman–Crippen LogP) is 3.45. The van der Waals surface area contributed by atoms with Crippen molar-refractivity contribution in [3.8, 4) is 0 Å². The molecule has 3 amide bonds. The van der Waals surface area contributed by atoms with Crippen molar-refractivity contribution in [1.82, 2.24) is 10.2 Å². The first-order valence-electron chi connectivity index (χ1n) is 10.3. The summed E-state index contributed by atoms with van der Waals surface area (Å²) >= 11 is 0. The van der Waals surface area contributed by atoms with Crippen LogP contribution in [-0.2, 0) is 17.3 Å². The van der Waals surface area contributed by atoms with Crippen LogP contribution in [-0.4, -0.2) is 48.4 Å². The molecule has 0 spiro atoms. The molecule has 2 aromatic carbocycles. The molecule has 2 heterocycles. The van der Waals surface area contributed by atoms with Gasteiger partial charge in [-0.2, -0.15) is 13.2 Å². The first kappa shape index (κ1) is 22.0. The quantitative estimate of drug-likeness (QED) is 0.690. The van der Waals surface area contributed by atoms with Crippen LogP contribution in [0, 0.1) is 0 Å². The number of ether oxygens (including phenoxy) is 1. The van der Waals surface area contributed by atoms with Crippen LogP contribution in [0.15, 0.2) is 42.5 Å². The highest BCUT2D eigenvalue weighted by Gasteiger charge is 2.38. The Bertz CT molecular complexity index is 1040. The summed E-state index contributed by atoms with van der Waals surface area (Å²) in [7, 11) is 0. The molecule has 9 heteroatoms. The zero-order chi connectivity index (χ0) is 22.9. The third-order valence-corrected chi connectivity index (χ3v) is 5.62. The Balaban J connectivity index is 1.36. The molecule has 1 fully saturated rings. The molecule has 1 N–H and O–H groups in total. The number of nitrogens with zero attached hydrogens (tertiary/aromatic N) is 1. The third kappa shape index (κ3) is 4.52. The lowest BCUT2D eigenvalue weighted by Crippen LogP contribution is -2.36. The summed E-state index contributed by atoms with van der Waals surface area (Å²) in [6.07, 6.45) is -2.52. The molecule has 0 bridgehead atoms. The number of imide groups is 1. The molecule has 32 heavy (non-hydrogen) atoms. The number of hydrogen-bond donors (Lipinski definition) is 1. The molecule has 6 nitrogen and oxygen atoms in total. The molecule has 4 rings (SSSR count). The van der Waals surface area contributed by atoms with E-state index >= 15 is 0 Å². The number of rotatable bonds is 6. The second-order valence-corrected chi connectivity index (χ2v) is 7.82. The number of fused-ring (bicyclic) bond motifs is 1. The molecule has 1 atom stereocenters. The van der Waals surface area contributed by atoms with Gasteiger partial charge in [-0.05, 0) is 55.2 Å². The van der Waals surface area contributed by atoms with Crippen molar-refractivity contribution in [3.63, 3.8) is 0 Å². The van der Waals surface area contributed by atoms with E-state index in [1.165, 1.54) is 30.3 Å². The molecule has 168 valence electrons. The van der Waals surface area contributed by atoms with Crippen molar-refractivity contribution >= 4 is 17.7 Å². The van der Waals surface area contributed by atoms with Crippen molar-refractivity contribution in [2.75, 3.05) is 19.7 Å². The zero-order valence-electron chi connectivity index (χ0n) is 17.1. The molecular formula is C23H21F3N2O4. The first-order valence-corrected chi connectivity index (χ1v) is 10.3. The Morgan fingerprint density at radius 3 is 2.44 bits per heavy atom. The largest absolute Gasteiger partial charge is 0.416 e. The number of carbonyl (C=O) groups excluding carboxylic acids is 3. The smallest absolute Gasteiger partial charge is 0.376 e. The second kappa shape index (κ2) is 8.74. The topological polar surface area (TPSA) is 75.7 Å². The number of amides is 3. The lowest BCUT2D eigenvalue weighted by molar-refractivity contribution is -0.137. The van der Waals surface area contributed by atoms with E-state index in [-0.39, 0.29) is 35.9 Å². The fourth-order valence-corrected chi connectivity index (χ4v) is 3.87. The van der Waals surface area contributed by atoms with Crippen molar-refractivity contribution < 1.29 is 32.3 Å². The number of benzene rings is 2. The van der Waals surface area contributed by atoms with E-state index in [2.05, 4.69) is 5.32 Å². The van der Waals surface area contributed by atoms with Gasteiger partial charge >= 0.3 is 6.18 Å². The summed E-state index contributed by atoms with van der Waals surface area (Å²) in [5.41, 5.74) is 0.600. The van der Waals surface area contributed by atoms with Crippen LogP contribution < -0.4 is 5.32 Å². The minimum absolute atomic E-state index is 0.162. The van der Waals surface area contributed by atoms with Gasteiger partial charge in [0.2, 0.25) is 0 Å². The number of hydrogen-bond acceptors (Lipinski definition) is 4. The molecule has 0 aromatic heterocycles. The minimum atomic E-state index is -4.39. The molecule has 0 saturated carbocycles. The number of nitrogens with one attached hydrogen (secondary N) is 1. The van der Waals surface area contributed by atoms with Gasteiger partial charge in [0, 0.05) is 18.7 Å². The van der Waals surface area contributed by atoms with E-state index in [9.17, 15) is 27.6 Å². The van der Waals surface area contributed by atoms with Crippen LogP contribution in [0.1, 0.15) is 55.0 Å². The van der Waals surface area contributed by atoms with Gasteiger partial charge in [0.05, 0.1) is 29.3 Å². The Hall–Kier alpha value is -3.20. The van der Waals surface area contributed by atoms with Crippen molar-refractivity contribution in [3.05, 3.63) is 70.3 Å². The highest BCUT2D eigenvalue weighted by Crippen LogP contribution is 2.29. The summed E-state index contributed by atoms with van der Waals surface area (Å²) in [4.78, 5) is 38.9. The Morgan fingerprint density at radius 2 is 1.78 bits per heavy atom. The molecule has 0 aliphatic carbocycles. The summed E-state index contributed by atoms with van der Waals surface area (Å²) in [6, 6.07) is 9.10. The lowest BCUT2D eigenvalue weighted by Gasteiger charge is -2.17. The standard InChI is InChI=1S/C23H21F3N2O4/c24-23(25,26)16-6-3-14(4-7-16)9-10-27-20(29)15-5-8-18-19(12-15)22(31)28(21(18)30)13-17-2-1-11-32-17/h3-8,12,17H,1-2,9-11,13H2,(H,27,29). The highest BCUT2D eigenvalue weighted by atomic mass is 19.4. The first-order chi connectivity index (χ1) is 15.2. The molecular weight excluding hydrogens is 425 g/mol. The van der Waals surface area contributed by atoms with Crippen LogP contribution >= 0.6 is 0 Å². The van der Waals surface area contributed by atoms with Crippen LogP contribution in [0.2, 0.25) is 0 Å². The lowest BCUT2D eigenvalue weighted by atomic mass is 10.1. The minimum Gasteiger partial charge on any atom is -0.376 e. The van der Waals surface area contributed by atoms with E-state index in [1.54, 1.807) is 0 Å². The van der Waals surface area contributed by atoms with Gasteiger partial charge < -0.3 is 10.1 Å². The van der Waals surface area contributed by atoms with Gasteiger partial charge in [-0.3, -0.25) is 19.3 Å². The van der Waals surface area contributed by atoms with Crippen molar-refractivity contribution in [2.45, 2.75) is 31.5 Å². The SMILES string of the molecule is O=C(NCCc1ccc(C(F)(F)F)cc1)c1ccc2c(c1)C(=O)N(CC1CCCO1)C2=O. The molecule has 2 aliphatic rings. The van der Waals surface area contributed by atoms with Gasteiger partial charge in [0.15, 0.2) is 0 Å². The van der Waals surface area contributed by atoms with Gasteiger partial charge in [-0.1, -0.05) is 12.1 Å². The average molecular weight is 446 g/mol. The van der Waals surface area contributed by atoms with Crippen LogP contribution in [0.4, 0.5) is 13.2 Å². The second-order valence-electron chi connectivity index (χ2n) is 7.82. The summed E-state index contributed by atoms with van der Waals surface area (Å²) < 4.78 is 43.4. The number of halogens is 3. The maximum Gasteiger partial charge on any atom is 0.416 e. The van der Waals surface area contributed by atoms with E-state index in [0.29, 0.717) is 18.6 Å². The van der Waals surface area contributed by atoms with E-state index in [1.807, 2.05) is 0 Å². The number of carbonyl (C=O) groups is 3. The highest BCUT2D eigenvalue weighted by molar-refractivity contribution is 6.22. The van der Waals surface area contributed by atoms with Crippen LogP contribution in [0.3, 0.4) is 0 Å². The van der Waals surface area contributed by atoms with E-state index < -0.39 is 29.5 Å². The molecule has 1 unspecified atom stereocenters. The summed E-state index contributed by atoms with van der Waals surface area (Å²) in [5.74, 6) is -1.27. The Labute approximate surface area is 182 Å². The van der Waals surface area contributed by atoms with Gasteiger partial charge in [0.25, 0.3) is 17.7 Å². The molecule has 2 aromatic rings. The fourth-order valence-electron chi connectivity index (χ4n) is 3.87. The van der Waals surface area contributed by atoms with Crippen molar-refractivity contribution in [2.24, 2.45) is 0 Å². The van der Waals surface area contributed by atoms with Gasteiger partial charge in [-0.25, -0.2) is 0 Å². The maximum atomic E-state index is 12.7. The van der Waals surface area contributed by atoms with E-state index in [0.717, 1.165) is 29.9 Å². The summed E-state index contributed by atoms with van der Waals surface area (Å²) in [6.45, 7) is 1.02. The predicted molar refractivity (Wildman–Crippen MR) is 108 cm³/mol. The molecule has 2 aliphatic heterocycles. The fraction of sp³-hybridized carbons (Fsp3) is 0.348. The monoisotopic (exact) mass is 446 g/mol. The third-order valence-electron chi connectivity index (χ3n) is 5.62. The van der Waals surface area contributed by atoms with E-state index in [4.69, 9.17) is 4.74 Å². The van der Waals surface area contributed by atoms with Gasteiger partial charge in [0.1, 0.15) is 0 Å². The average Bonchev–Trinajstić information content (AvgIpc) is 3.36. The number of alkyl halides is 3. The maximum absolute atomic E-state index is 12.7.